The van der Waals surface area contributed by atoms with Gasteiger partial charge in [0.05, 0.1) is 12.0 Å². The molecule has 1 fully saturated rings. The summed E-state index contributed by atoms with van der Waals surface area (Å²) < 4.78 is 5.64. The topological polar surface area (TPSA) is 46.5 Å². The molecule has 3 heteroatoms. The molecule has 0 amide bonds. The van der Waals surface area contributed by atoms with Crippen molar-refractivity contribution in [3.8, 4) is 0 Å². The number of carbonyl (C=O) groups is 1. The first kappa shape index (κ1) is 11.1. The summed E-state index contributed by atoms with van der Waals surface area (Å²) in [5, 5.41) is 9.18. The van der Waals surface area contributed by atoms with E-state index in [1.165, 1.54) is 0 Å². The van der Waals surface area contributed by atoms with Gasteiger partial charge >= 0.3 is 5.97 Å². The van der Waals surface area contributed by atoms with Crippen molar-refractivity contribution in [1.29, 1.82) is 0 Å². The smallest absolute Gasteiger partial charge is 0.309 e. The van der Waals surface area contributed by atoms with Crippen molar-refractivity contribution >= 4 is 5.97 Å². The van der Waals surface area contributed by atoms with E-state index in [-0.39, 0.29) is 6.10 Å². The minimum atomic E-state index is -0.757. The second-order valence-electron chi connectivity index (χ2n) is 4.23. The Morgan fingerprint density at radius 2 is 2.19 bits per heavy atom. The summed E-state index contributed by atoms with van der Waals surface area (Å²) >= 11 is 0. The maximum Gasteiger partial charge on any atom is 0.309 e. The van der Waals surface area contributed by atoms with Crippen LogP contribution in [0.5, 0.6) is 0 Å². The van der Waals surface area contributed by atoms with Crippen molar-refractivity contribution in [2.24, 2.45) is 5.92 Å². The third kappa shape index (κ3) is 2.09. The van der Waals surface area contributed by atoms with Gasteiger partial charge in [-0.15, -0.1) is 0 Å². The van der Waals surface area contributed by atoms with Crippen molar-refractivity contribution in [3.63, 3.8) is 0 Å². The van der Waals surface area contributed by atoms with Gasteiger partial charge in [0, 0.05) is 6.61 Å². The standard InChI is InChI=1S/C13H16O3/c1-9-5-2-3-6-10(9)12-11(13(14)15)7-4-8-16-12/h2-3,5-6,11-12H,4,7-8H2,1H3,(H,14,15). The number of carboxylic acids is 1. The van der Waals surface area contributed by atoms with Gasteiger partial charge in [-0.3, -0.25) is 4.79 Å². The predicted molar refractivity (Wildman–Crippen MR) is 60.2 cm³/mol. The molecule has 1 aliphatic heterocycles. The molecule has 86 valence electrons. The van der Waals surface area contributed by atoms with Gasteiger partial charge in [-0.1, -0.05) is 24.3 Å². The zero-order valence-electron chi connectivity index (χ0n) is 9.35. The summed E-state index contributed by atoms with van der Waals surface area (Å²) in [5.41, 5.74) is 2.11. The average molecular weight is 220 g/mol. The second kappa shape index (κ2) is 4.66. The lowest BCUT2D eigenvalue weighted by Crippen LogP contribution is -2.29. The molecule has 0 aromatic heterocycles. The van der Waals surface area contributed by atoms with E-state index in [1.807, 2.05) is 31.2 Å². The molecule has 1 aromatic carbocycles. The van der Waals surface area contributed by atoms with Crippen molar-refractivity contribution in [2.75, 3.05) is 6.61 Å². The van der Waals surface area contributed by atoms with E-state index in [4.69, 9.17) is 4.74 Å². The van der Waals surface area contributed by atoms with Gasteiger partial charge < -0.3 is 9.84 Å². The van der Waals surface area contributed by atoms with E-state index in [0.29, 0.717) is 13.0 Å². The van der Waals surface area contributed by atoms with Gasteiger partial charge in [0.15, 0.2) is 0 Å². The number of benzene rings is 1. The van der Waals surface area contributed by atoms with Gasteiger partial charge in [-0.25, -0.2) is 0 Å². The van der Waals surface area contributed by atoms with Crippen LogP contribution in [0.25, 0.3) is 0 Å². The Bertz CT molecular complexity index is 387. The SMILES string of the molecule is Cc1ccccc1C1OCCCC1C(=O)O. The van der Waals surface area contributed by atoms with E-state index >= 15 is 0 Å². The third-order valence-corrected chi connectivity index (χ3v) is 3.13. The lowest BCUT2D eigenvalue weighted by molar-refractivity contribution is -0.151. The molecule has 3 nitrogen and oxygen atoms in total. The first-order valence-corrected chi connectivity index (χ1v) is 5.60. The molecule has 2 atom stereocenters. The molecular weight excluding hydrogens is 204 g/mol. The summed E-state index contributed by atoms with van der Waals surface area (Å²) in [7, 11) is 0. The lowest BCUT2D eigenvalue weighted by Gasteiger charge is -2.30. The molecule has 1 aliphatic rings. The number of ether oxygens (including phenoxy) is 1. The highest BCUT2D eigenvalue weighted by molar-refractivity contribution is 5.71. The molecule has 0 aliphatic carbocycles. The number of hydrogen-bond donors (Lipinski definition) is 1. The highest BCUT2D eigenvalue weighted by Crippen LogP contribution is 2.35. The molecule has 16 heavy (non-hydrogen) atoms. The fourth-order valence-corrected chi connectivity index (χ4v) is 2.25. The molecule has 0 radical (unpaired) electrons. The molecule has 1 heterocycles. The summed E-state index contributed by atoms with van der Waals surface area (Å²) in [6.07, 6.45) is 1.25. The molecule has 1 saturated heterocycles. The third-order valence-electron chi connectivity index (χ3n) is 3.13. The van der Waals surface area contributed by atoms with Gasteiger partial charge in [0.1, 0.15) is 0 Å². The van der Waals surface area contributed by atoms with Gasteiger partial charge in [-0.2, -0.15) is 0 Å². The zero-order valence-corrected chi connectivity index (χ0v) is 9.35. The van der Waals surface area contributed by atoms with Crippen LogP contribution in [0, 0.1) is 12.8 Å². The van der Waals surface area contributed by atoms with Crippen LogP contribution in [-0.4, -0.2) is 17.7 Å². The van der Waals surface area contributed by atoms with Gasteiger partial charge in [-0.05, 0) is 30.9 Å². The first-order valence-electron chi connectivity index (χ1n) is 5.60. The van der Waals surface area contributed by atoms with Crippen LogP contribution in [0.15, 0.2) is 24.3 Å². The second-order valence-corrected chi connectivity index (χ2v) is 4.23. The van der Waals surface area contributed by atoms with Crippen LogP contribution >= 0.6 is 0 Å². The van der Waals surface area contributed by atoms with Crippen molar-refractivity contribution in [3.05, 3.63) is 35.4 Å². The normalized spacial score (nSPS) is 25.3. The molecular formula is C13H16O3. The number of aliphatic carboxylic acids is 1. The average Bonchev–Trinajstić information content (AvgIpc) is 2.29. The Labute approximate surface area is 95.0 Å². The quantitative estimate of drug-likeness (QED) is 0.833. The maximum atomic E-state index is 11.2. The minimum absolute atomic E-state index is 0.285. The van der Waals surface area contributed by atoms with Crippen LogP contribution in [0.1, 0.15) is 30.1 Å². The summed E-state index contributed by atoms with van der Waals surface area (Å²) in [4.78, 5) is 11.2. The Kier molecular flexibility index (Phi) is 3.25. The fraction of sp³-hybridized carbons (Fsp3) is 0.462. The lowest BCUT2D eigenvalue weighted by atomic mass is 9.88. The molecule has 0 spiro atoms. The van der Waals surface area contributed by atoms with Crippen LogP contribution < -0.4 is 0 Å². The molecule has 2 unspecified atom stereocenters. The molecule has 0 saturated carbocycles. The Morgan fingerprint density at radius 1 is 1.44 bits per heavy atom. The van der Waals surface area contributed by atoms with Crippen LogP contribution in [0.2, 0.25) is 0 Å². The monoisotopic (exact) mass is 220 g/mol. The summed E-state index contributed by atoms with van der Waals surface area (Å²) in [6.45, 7) is 2.65. The summed E-state index contributed by atoms with van der Waals surface area (Å²) in [6, 6.07) is 7.84. The molecule has 2 rings (SSSR count). The zero-order chi connectivity index (χ0) is 11.5. The first-order chi connectivity index (χ1) is 7.70. The van der Waals surface area contributed by atoms with Crippen LogP contribution in [0.3, 0.4) is 0 Å². The van der Waals surface area contributed by atoms with Gasteiger partial charge in [0.2, 0.25) is 0 Å². The number of hydrogen-bond acceptors (Lipinski definition) is 2. The van der Waals surface area contributed by atoms with E-state index < -0.39 is 11.9 Å². The van der Waals surface area contributed by atoms with Crippen molar-refractivity contribution < 1.29 is 14.6 Å². The van der Waals surface area contributed by atoms with E-state index in [0.717, 1.165) is 17.5 Å². The van der Waals surface area contributed by atoms with E-state index in [2.05, 4.69) is 0 Å². The Hall–Kier alpha value is -1.35. The minimum Gasteiger partial charge on any atom is -0.481 e. The number of carboxylic acid groups (broad SMARTS) is 1. The van der Waals surface area contributed by atoms with Gasteiger partial charge in [0.25, 0.3) is 0 Å². The van der Waals surface area contributed by atoms with Crippen LogP contribution in [-0.2, 0) is 9.53 Å². The maximum absolute atomic E-state index is 11.2. The molecule has 1 N–H and O–H groups in total. The highest BCUT2D eigenvalue weighted by atomic mass is 16.5. The summed E-state index contributed by atoms with van der Waals surface area (Å²) in [5.74, 6) is -1.16. The van der Waals surface area contributed by atoms with Crippen molar-refractivity contribution in [2.45, 2.75) is 25.9 Å². The Balaban J connectivity index is 2.30. The largest absolute Gasteiger partial charge is 0.481 e. The fourth-order valence-electron chi connectivity index (χ4n) is 2.25. The molecule has 1 aromatic rings. The molecule has 0 bridgehead atoms. The number of aryl methyl sites for hydroxylation is 1. The Morgan fingerprint density at radius 3 is 2.88 bits per heavy atom. The van der Waals surface area contributed by atoms with E-state index in [9.17, 15) is 9.90 Å². The van der Waals surface area contributed by atoms with Crippen LogP contribution in [0.4, 0.5) is 0 Å². The van der Waals surface area contributed by atoms with Crippen molar-refractivity contribution in [1.82, 2.24) is 0 Å². The number of rotatable bonds is 2. The van der Waals surface area contributed by atoms with E-state index in [1.54, 1.807) is 0 Å². The highest BCUT2D eigenvalue weighted by Gasteiger charge is 2.33. The predicted octanol–water partition coefficient (Wildman–Crippen LogP) is 2.55.